The number of carbonyl (C=O) groups excluding carboxylic acids is 2. The van der Waals surface area contributed by atoms with Crippen molar-refractivity contribution in [3.8, 4) is 5.75 Å². The Balaban J connectivity index is 3.07. The van der Waals surface area contributed by atoms with Gasteiger partial charge in [0, 0.05) is 6.92 Å². The standard InChI is InChI=1S/C11H12O3/c1-3-9-4-5-10(7-12)11(6-9)14-8(2)13/h4-7H,3H2,1-2H3. The molecule has 74 valence electrons. The summed E-state index contributed by atoms with van der Waals surface area (Å²) in [7, 11) is 0. The van der Waals surface area contributed by atoms with E-state index in [1.165, 1.54) is 6.92 Å². The number of hydrogen-bond donors (Lipinski definition) is 0. The summed E-state index contributed by atoms with van der Waals surface area (Å²) in [6.07, 6.45) is 1.52. The van der Waals surface area contributed by atoms with Crippen molar-refractivity contribution in [3.63, 3.8) is 0 Å². The van der Waals surface area contributed by atoms with Crippen LogP contribution in [0.1, 0.15) is 29.8 Å². The summed E-state index contributed by atoms with van der Waals surface area (Å²) in [5.74, 6) is -0.0757. The van der Waals surface area contributed by atoms with E-state index in [1.807, 2.05) is 13.0 Å². The van der Waals surface area contributed by atoms with Gasteiger partial charge in [-0.05, 0) is 24.1 Å². The Morgan fingerprint density at radius 1 is 1.50 bits per heavy atom. The van der Waals surface area contributed by atoms with Crippen molar-refractivity contribution in [2.75, 3.05) is 0 Å². The van der Waals surface area contributed by atoms with Crippen molar-refractivity contribution in [1.29, 1.82) is 0 Å². The van der Waals surface area contributed by atoms with Crippen LogP contribution < -0.4 is 4.74 Å². The Labute approximate surface area is 82.7 Å². The van der Waals surface area contributed by atoms with Crippen LogP contribution in [0.25, 0.3) is 0 Å². The Kier molecular flexibility index (Phi) is 3.40. The molecule has 0 aliphatic rings. The first-order chi connectivity index (χ1) is 6.67. The summed E-state index contributed by atoms with van der Waals surface area (Å²) in [6, 6.07) is 5.21. The lowest BCUT2D eigenvalue weighted by Gasteiger charge is -2.05. The maximum Gasteiger partial charge on any atom is 0.308 e. The highest BCUT2D eigenvalue weighted by Crippen LogP contribution is 2.19. The van der Waals surface area contributed by atoms with Crippen LogP contribution in [0.5, 0.6) is 5.75 Å². The molecule has 0 fully saturated rings. The van der Waals surface area contributed by atoms with Crippen molar-refractivity contribution in [1.82, 2.24) is 0 Å². The minimum Gasteiger partial charge on any atom is -0.426 e. The maximum absolute atomic E-state index is 10.7. The van der Waals surface area contributed by atoms with Crippen LogP contribution in [0.15, 0.2) is 18.2 Å². The zero-order valence-corrected chi connectivity index (χ0v) is 8.24. The minimum absolute atomic E-state index is 0.340. The third kappa shape index (κ3) is 2.42. The van der Waals surface area contributed by atoms with Crippen molar-refractivity contribution < 1.29 is 14.3 Å². The Morgan fingerprint density at radius 2 is 2.21 bits per heavy atom. The lowest BCUT2D eigenvalue weighted by molar-refractivity contribution is -0.131. The molecular formula is C11H12O3. The predicted molar refractivity (Wildman–Crippen MR) is 52.5 cm³/mol. The average molecular weight is 192 g/mol. The molecule has 1 aromatic carbocycles. The third-order valence-corrected chi connectivity index (χ3v) is 1.87. The number of ether oxygens (including phenoxy) is 1. The molecule has 0 spiro atoms. The first-order valence-corrected chi connectivity index (χ1v) is 4.44. The summed E-state index contributed by atoms with van der Waals surface area (Å²) in [4.78, 5) is 21.4. The van der Waals surface area contributed by atoms with E-state index in [-0.39, 0.29) is 0 Å². The molecule has 3 heteroatoms. The smallest absolute Gasteiger partial charge is 0.308 e. The molecule has 0 bridgehead atoms. The monoisotopic (exact) mass is 192 g/mol. The highest BCUT2D eigenvalue weighted by Gasteiger charge is 2.05. The van der Waals surface area contributed by atoms with Gasteiger partial charge in [0.1, 0.15) is 5.75 Å². The van der Waals surface area contributed by atoms with Crippen LogP contribution >= 0.6 is 0 Å². The van der Waals surface area contributed by atoms with Crippen LogP contribution in [0.3, 0.4) is 0 Å². The van der Waals surface area contributed by atoms with E-state index in [9.17, 15) is 9.59 Å². The number of aryl methyl sites for hydroxylation is 1. The van der Waals surface area contributed by atoms with Gasteiger partial charge >= 0.3 is 5.97 Å². The number of benzene rings is 1. The first kappa shape index (κ1) is 10.4. The van der Waals surface area contributed by atoms with Gasteiger partial charge in [-0.15, -0.1) is 0 Å². The number of esters is 1. The molecule has 0 amide bonds. The number of carbonyl (C=O) groups is 2. The second-order valence-electron chi connectivity index (χ2n) is 2.94. The summed E-state index contributed by atoms with van der Waals surface area (Å²) in [5.41, 5.74) is 1.43. The minimum atomic E-state index is -0.415. The molecule has 0 aliphatic heterocycles. The second-order valence-corrected chi connectivity index (χ2v) is 2.94. The van der Waals surface area contributed by atoms with Gasteiger partial charge < -0.3 is 4.74 Å². The van der Waals surface area contributed by atoms with Crippen LogP contribution in [0.4, 0.5) is 0 Å². The Hall–Kier alpha value is -1.64. The van der Waals surface area contributed by atoms with Crippen LogP contribution in [-0.2, 0) is 11.2 Å². The van der Waals surface area contributed by atoms with E-state index in [4.69, 9.17) is 4.74 Å². The SMILES string of the molecule is CCc1ccc(C=O)c(OC(C)=O)c1. The van der Waals surface area contributed by atoms with Crippen molar-refractivity contribution in [3.05, 3.63) is 29.3 Å². The van der Waals surface area contributed by atoms with Crippen molar-refractivity contribution in [2.24, 2.45) is 0 Å². The highest BCUT2D eigenvalue weighted by atomic mass is 16.5. The summed E-state index contributed by atoms with van der Waals surface area (Å²) in [5, 5.41) is 0. The normalized spacial score (nSPS) is 9.57. The highest BCUT2D eigenvalue weighted by molar-refractivity contribution is 5.82. The van der Waals surface area contributed by atoms with Crippen molar-refractivity contribution >= 4 is 12.3 Å². The molecule has 0 N–H and O–H groups in total. The van der Waals surface area contributed by atoms with Gasteiger partial charge in [-0.25, -0.2) is 0 Å². The van der Waals surface area contributed by atoms with E-state index < -0.39 is 5.97 Å². The molecule has 0 unspecified atom stereocenters. The van der Waals surface area contributed by atoms with Gasteiger partial charge in [0.05, 0.1) is 5.56 Å². The number of rotatable bonds is 3. The third-order valence-electron chi connectivity index (χ3n) is 1.87. The molecule has 0 saturated carbocycles. The summed E-state index contributed by atoms with van der Waals surface area (Å²) < 4.78 is 4.91. The molecule has 0 radical (unpaired) electrons. The Morgan fingerprint density at radius 3 is 2.71 bits per heavy atom. The fourth-order valence-corrected chi connectivity index (χ4v) is 1.14. The quantitative estimate of drug-likeness (QED) is 0.418. The van der Waals surface area contributed by atoms with E-state index in [1.54, 1.807) is 12.1 Å². The van der Waals surface area contributed by atoms with Crippen LogP contribution in [0, 0.1) is 0 Å². The largest absolute Gasteiger partial charge is 0.426 e. The van der Waals surface area contributed by atoms with Gasteiger partial charge in [0.2, 0.25) is 0 Å². The molecular weight excluding hydrogens is 180 g/mol. The molecule has 14 heavy (non-hydrogen) atoms. The van der Waals surface area contributed by atoms with E-state index in [0.29, 0.717) is 17.6 Å². The maximum atomic E-state index is 10.7. The molecule has 3 nitrogen and oxygen atoms in total. The van der Waals surface area contributed by atoms with Gasteiger partial charge in [-0.1, -0.05) is 13.0 Å². The van der Waals surface area contributed by atoms with E-state index >= 15 is 0 Å². The van der Waals surface area contributed by atoms with Gasteiger partial charge in [-0.2, -0.15) is 0 Å². The van der Waals surface area contributed by atoms with Gasteiger partial charge in [0.15, 0.2) is 6.29 Å². The molecule has 0 saturated heterocycles. The zero-order valence-electron chi connectivity index (χ0n) is 8.24. The molecule has 0 atom stereocenters. The van der Waals surface area contributed by atoms with Crippen LogP contribution in [-0.4, -0.2) is 12.3 Å². The molecule has 0 heterocycles. The lowest BCUT2D eigenvalue weighted by atomic mass is 10.1. The van der Waals surface area contributed by atoms with E-state index in [0.717, 1.165) is 12.0 Å². The summed E-state index contributed by atoms with van der Waals surface area (Å²) >= 11 is 0. The van der Waals surface area contributed by atoms with Gasteiger partial charge in [-0.3, -0.25) is 9.59 Å². The number of hydrogen-bond acceptors (Lipinski definition) is 3. The molecule has 1 aromatic rings. The predicted octanol–water partition coefficient (Wildman–Crippen LogP) is 1.99. The topological polar surface area (TPSA) is 43.4 Å². The second kappa shape index (κ2) is 4.56. The summed E-state index contributed by atoms with van der Waals surface area (Å²) in [6.45, 7) is 3.31. The molecule has 0 aromatic heterocycles. The fraction of sp³-hybridized carbons (Fsp3) is 0.273. The lowest BCUT2D eigenvalue weighted by Crippen LogP contribution is -2.04. The fourth-order valence-electron chi connectivity index (χ4n) is 1.14. The first-order valence-electron chi connectivity index (χ1n) is 4.44. The Bertz CT molecular complexity index is 356. The molecule has 0 aliphatic carbocycles. The zero-order chi connectivity index (χ0) is 10.6. The van der Waals surface area contributed by atoms with E-state index in [2.05, 4.69) is 0 Å². The number of aldehydes is 1. The van der Waals surface area contributed by atoms with Crippen LogP contribution in [0.2, 0.25) is 0 Å². The average Bonchev–Trinajstić information content (AvgIpc) is 2.16. The van der Waals surface area contributed by atoms with Gasteiger partial charge in [0.25, 0.3) is 0 Å². The van der Waals surface area contributed by atoms with Crippen molar-refractivity contribution in [2.45, 2.75) is 20.3 Å². The molecule has 1 rings (SSSR count).